The van der Waals surface area contributed by atoms with Crippen molar-refractivity contribution in [2.75, 3.05) is 0 Å². The van der Waals surface area contributed by atoms with Gasteiger partial charge < -0.3 is 9.52 Å². The van der Waals surface area contributed by atoms with Crippen molar-refractivity contribution in [2.45, 2.75) is 37.9 Å². The van der Waals surface area contributed by atoms with Crippen LogP contribution >= 0.6 is 11.8 Å². The summed E-state index contributed by atoms with van der Waals surface area (Å²) in [7, 11) is 0. The lowest BCUT2D eigenvalue weighted by Gasteiger charge is -2.14. The van der Waals surface area contributed by atoms with Gasteiger partial charge in [-0.15, -0.1) is 0 Å². The molecule has 3 nitrogen and oxygen atoms in total. The Balaban J connectivity index is 2.34. The molecule has 0 radical (unpaired) electrons. The second-order valence-electron chi connectivity index (χ2n) is 4.85. The van der Waals surface area contributed by atoms with Gasteiger partial charge in [0, 0.05) is 22.5 Å². The van der Waals surface area contributed by atoms with Crippen LogP contribution in [0.2, 0.25) is 0 Å². The molecule has 2 atom stereocenters. The van der Waals surface area contributed by atoms with Crippen LogP contribution < -0.4 is 5.63 Å². The van der Waals surface area contributed by atoms with Gasteiger partial charge in [-0.2, -0.15) is 11.8 Å². The standard InChI is InChI=1S/C15H18O3S/c1-9-4-5-13-12(8-19-11(3)10(2)16)7-15(17)18-14(13)6-9/h4-7,10-11,16H,8H2,1-3H3. The number of rotatable bonds is 4. The largest absolute Gasteiger partial charge is 0.423 e. The van der Waals surface area contributed by atoms with E-state index in [-0.39, 0.29) is 17.0 Å². The summed E-state index contributed by atoms with van der Waals surface area (Å²) in [5.41, 5.74) is 2.34. The van der Waals surface area contributed by atoms with Crippen molar-refractivity contribution in [3.8, 4) is 0 Å². The Labute approximate surface area is 116 Å². The van der Waals surface area contributed by atoms with Gasteiger partial charge in [0.05, 0.1) is 6.10 Å². The molecule has 1 aromatic carbocycles. The lowest BCUT2D eigenvalue weighted by molar-refractivity contribution is 0.196. The highest BCUT2D eigenvalue weighted by Gasteiger charge is 2.11. The maximum atomic E-state index is 11.6. The highest BCUT2D eigenvalue weighted by Crippen LogP contribution is 2.25. The number of hydrogen-bond donors (Lipinski definition) is 1. The van der Waals surface area contributed by atoms with Crippen molar-refractivity contribution >= 4 is 22.7 Å². The van der Waals surface area contributed by atoms with E-state index in [1.54, 1.807) is 24.8 Å². The first-order valence-electron chi connectivity index (χ1n) is 6.30. The molecule has 0 spiro atoms. The van der Waals surface area contributed by atoms with Gasteiger partial charge >= 0.3 is 5.63 Å². The summed E-state index contributed by atoms with van der Waals surface area (Å²) < 4.78 is 5.22. The van der Waals surface area contributed by atoms with Crippen molar-refractivity contribution in [1.29, 1.82) is 0 Å². The van der Waals surface area contributed by atoms with Gasteiger partial charge in [0.25, 0.3) is 0 Å². The van der Waals surface area contributed by atoms with Gasteiger partial charge in [-0.1, -0.05) is 19.1 Å². The van der Waals surface area contributed by atoms with E-state index in [9.17, 15) is 9.90 Å². The summed E-state index contributed by atoms with van der Waals surface area (Å²) in [5.74, 6) is 0.692. The number of benzene rings is 1. The van der Waals surface area contributed by atoms with E-state index in [4.69, 9.17) is 4.42 Å². The van der Waals surface area contributed by atoms with Gasteiger partial charge in [-0.25, -0.2) is 4.79 Å². The van der Waals surface area contributed by atoms with E-state index in [0.717, 1.165) is 16.5 Å². The molecule has 2 unspecified atom stereocenters. The first-order chi connectivity index (χ1) is 8.97. The summed E-state index contributed by atoms with van der Waals surface area (Å²) in [4.78, 5) is 11.6. The molecule has 19 heavy (non-hydrogen) atoms. The summed E-state index contributed by atoms with van der Waals surface area (Å²) in [6.07, 6.45) is -0.362. The quantitative estimate of drug-likeness (QED) is 0.873. The zero-order valence-corrected chi connectivity index (χ0v) is 12.2. The molecule has 0 saturated heterocycles. The van der Waals surface area contributed by atoms with Crippen LogP contribution in [0.1, 0.15) is 25.0 Å². The molecule has 2 rings (SSSR count). The number of aliphatic hydroxyl groups excluding tert-OH is 1. The molecule has 0 fully saturated rings. The highest BCUT2D eigenvalue weighted by atomic mass is 32.2. The van der Waals surface area contributed by atoms with Gasteiger partial charge in [0.15, 0.2) is 0 Å². The smallest absolute Gasteiger partial charge is 0.336 e. The average molecular weight is 278 g/mol. The Kier molecular flexibility index (Phi) is 4.32. The van der Waals surface area contributed by atoms with Crippen LogP contribution in [0.3, 0.4) is 0 Å². The zero-order valence-electron chi connectivity index (χ0n) is 11.3. The Hall–Kier alpha value is -1.26. The monoisotopic (exact) mass is 278 g/mol. The lowest BCUT2D eigenvalue weighted by atomic mass is 10.1. The minimum Gasteiger partial charge on any atom is -0.423 e. The molecule has 0 aliphatic carbocycles. The zero-order chi connectivity index (χ0) is 14.0. The number of aliphatic hydroxyl groups is 1. The second kappa shape index (κ2) is 5.80. The van der Waals surface area contributed by atoms with Gasteiger partial charge in [0.1, 0.15) is 5.58 Å². The maximum Gasteiger partial charge on any atom is 0.336 e. The summed E-state index contributed by atoms with van der Waals surface area (Å²) in [5, 5.41) is 10.6. The molecule has 0 aliphatic rings. The molecule has 2 aromatic rings. The summed E-state index contributed by atoms with van der Waals surface area (Å²) >= 11 is 1.63. The topological polar surface area (TPSA) is 50.4 Å². The van der Waals surface area contributed by atoms with Crippen molar-refractivity contribution in [1.82, 2.24) is 0 Å². The van der Waals surface area contributed by atoms with Gasteiger partial charge in [-0.05, 0) is 31.0 Å². The third-order valence-electron chi connectivity index (χ3n) is 3.17. The molecular formula is C15H18O3S. The fourth-order valence-electron chi connectivity index (χ4n) is 1.82. The number of hydrogen-bond acceptors (Lipinski definition) is 4. The van der Waals surface area contributed by atoms with Crippen LogP contribution in [0.4, 0.5) is 0 Å². The minimum atomic E-state index is -0.362. The number of fused-ring (bicyclic) bond motifs is 1. The van der Waals surface area contributed by atoms with Crippen LogP contribution in [-0.4, -0.2) is 16.5 Å². The van der Waals surface area contributed by atoms with Crippen LogP contribution in [0, 0.1) is 6.92 Å². The van der Waals surface area contributed by atoms with Crippen LogP contribution in [0.5, 0.6) is 0 Å². The lowest BCUT2D eigenvalue weighted by Crippen LogP contribution is -2.15. The second-order valence-corrected chi connectivity index (χ2v) is 6.21. The van der Waals surface area contributed by atoms with Crippen molar-refractivity contribution in [3.63, 3.8) is 0 Å². The van der Waals surface area contributed by atoms with E-state index in [1.807, 2.05) is 32.0 Å². The van der Waals surface area contributed by atoms with E-state index in [0.29, 0.717) is 11.3 Å². The predicted molar refractivity (Wildman–Crippen MR) is 79.7 cm³/mol. The number of aryl methyl sites for hydroxylation is 1. The SMILES string of the molecule is Cc1ccc2c(CSC(C)C(C)O)cc(=O)oc2c1. The van der Waals surface area contributed by atoms with E-state index >= 15 is 0 Å². The first-order valence-corrected chi connectivity index (χ1v) is 7.35. The molecule has 1 N–H and O–H groups in total. The fourth-order valence-corrected chi connectivity index (χ4v) is 2.78. The van der Waals surface area contributed by atoms with Crippen molar-refractivity contribution in [2.24, 2.45) is 0 Å². The molecule has 1 aromatic heterocycles. The molecule has 0 bridgehead atoms. The van der Waals surface area contributed by atoms with Gasteiger partial charge in [0.2, 0.25) is 0 Å². The average Bonchev–Trinajstić information content (AvgIpc) is 2.34. The Morgan fingerprint density at radius 2 is 2.05 bits per heavy atom. The van der Waals surface area contributed by atoms with E-state index in [1.165, 1.54) is 0 Å². The summed E-state index contributed by atoms with van der Waals surface area (Å²) in [6.45, 7) is 5.72. The third-order valence-corrected chi connectivity index (χ3v) is 4.56. The Morgan fingerprint density at radius 1 is 1.32 bits per heavy atom. The fraction of sp³-hybridized carbons (Fsp3) is 0.400. The molecule has 0 amide bonds. The maximum absolute atomic E-state index is 11.6. The third kappa shape index (κ3) is 3.39. The number of thioether (sulfide) groups is 1. The van der Waals surface area contributed by atoms with Gasteiger partial charge in [-0.3, -0.25) is 0 Å². The minimum absolute atomic E-state index is 0.132. The highest BCUT2D eigenvalue weighted by molar-refractivity contribution is 7.99. The predicted octanol–water partition coefficient (Wildman–Crippen LogP) is 3.10. The van der Waals surface area contributed by atoms with Crippen LogP contribution in [0.15, 0.2) is 33.5 Å². The first kappa shape index (κ1) is 14.2. The van der Waals surface area contributed by atoms with Crippen LogP contribution in [0.25, 0.3) is 11.0 Å². The molecule has 4 heteroatoms. The van der Waals surface area contributed by atoms with Crippen LogP contribution in [-0.2, 0) is 5.75 Å². The molecule has 102 valence electrons. The molecular weight excluding hydrogens is 260 g/mol. The summed E-state index contributed by atoms with van der Waals surface area (Å²) in [6, 6.07) is 7.41. The molecule has 0 aliphatic heterocycles. The normalized spacial score (nSPS) is 14.5. The van der Waals surface area contributed by atoms with E-state index in [2.05, 4.69) is 0 Å². The Morgan fingerprint density at radius 3 is 2.74 bits per heavy atom. The Bertz CT molecular complexity index is 631. The van der Waals surface area contributed by atoms with E-state index < -0.39 is 0 Å². The molecule has 0 saturated carbocycles. The van der Waals surface area contributed by atoms with Crippen molar-refractivity contribution < 1.29 is 9.52 Å². The molecule has 1 heterocycles. The van der Waals surface area contributed by atoms with Crippen molar-refractivity contribution in [3.05, 3.63) is 45.8 Å².